The zero-order valence-electron chi connectivity index (χ0n) is 18.4. The molecular weight excluding hydrogens is 498 g/mol. The Labute approximate surface area is 203 Å². The van der Waals surface area contributed by atoms with Crippen molar-refractivity contribution in [2.24, 2.45) is 0 Å². The van der Waals surface area contributed by atoms with Crippen LogP contribution in [-0.4, -0.2) is 21.9 Å². The van der Waals surface area contributed by atoms with E-state index in [1.54, 1.807) is 30.3 Å². The number of fused-ring (bicyclic) bond motifs is 1. The summed E-state index contributed by atoms with van der Waals surface area (Å²) in [5, 5.41) is 21.5. The Bertz CT molecular complexity index is 1500. The van der Waals surface area contributed by atoms with Gasteiger partial charge in [-0.1, -0.05) is 40.2 Å². The maximum Gasteiger partial charge on any atom is 0.294 e. The summed E-state index contributed by atoms with van der Waals surface area (Å²) in [5.74, 6) is -1.80. The van der Waals surface area contributed by atoms with Crippen molar-refractivity contribution in [1.29, 1.82) is 0 Å². The maximum atomic E-state index is 13.7. The summed E-state index contributed by atoms with van der Waals surface area (Å²) in [6, 6.07) is 18.0. The minimum absolute atomic E-state index is 0.0223. The molecule has 6 nitrogen and oxygen atoms in total. The zero-order valence-corrected chi connectivity index (χ0v) is 20.0. The molecule has 0 radical (unpaired) electrons. The van der Waals surface area contributed by atoms with Crippen LogP contribution in [0.15, 0.2) is 87.0 Å². The molecule has 0 saturated heterocycles. The number of amides is 1. The number of ketones is 1. The topological polar surface area (TPSA) is 91.0 Å². The first-order valence-electron chi connectivity index (χ1n) is 10.6. The van der Waals surface area contributed by atoms with Crippen molar-refractivity contribution in [3.8, 4) is 5.75 Å². The van der Waals surface area contributed by atoms with Crippen LogP contribution in [0.1, 0.15) is 33.3 Å². The summed E-state index contributed by atoms with van der Waals surface area (Å²) in [6.45, 7) is 3.77. The minimum atomic E-state index is -0.902. The van der Waals surface area contributed by atoms with Crippen LogP contribution in [0.4, 0.5) is 5.69 Å². The normalized spacial score (nSPS) is 16.0. The van der Waals surface area contributed by atoms with E-state index in [1.165, 1.54) is 17.0 Å². The molecule has 1 atom stereocenters. The van der Waals surface area contributed by atoms with E-state index in [0.717, 1.165) is 21.0 Å². The first kappa shape index (κ1) is 22.0. The van der Waals surface area contributed by atoms with Gasteiger partial charge in [0.25, 0.3) is 5.91 Å². The van der Waals surface area contributed by atoms with Crippen LogP contribution in [0.5, 0.6) is 5.75 Å². The maximum absolute atomic E-state index is 13.7. The van der Waals surface area contributed by atoms with Crippen LogP contribution in [0.3, 0.4) is 0 Å². The van der Waals surface area contributed by atoms with Crippen molar-refractivity contribution in [3.63, 3.8) is 0 Å². The van der Waals surface area contributed by atoms with Crippen molar-refractivity contribution >= 4 is 44.3 Å². The van der Waals surface area contributed by atoms with Crippen LogP contribution in [0, 0.1) is 13.8 Å². The third-order valence-electron chi connectivity index (χ3n) is 5.99. The average Bonchev–Trinajstić information content (AvgIpc) is 3.34. The van der Waals surface area contributed by atoms with E-state index in [2.05, 4.69) is 15.9 Å². The predicted molar refractivity (Wildman–Crippen MR) is 132 cm³/mol. The van der Waals surface area contributed by atoms with Crippen LogP contribution < -0.4 is 4.90 Å². The van der Waals surface area contributed by atoms with Crippen LogP contribution >= 0.6 is 15.9 Å². The second-order valence-electron chi connectivity index (χ2n) is 8.34. The highest BCUT2D eigenvalue weighted by Crippen LogP contribution is 2.43. The lowest BCUT2D eigenvalue weighted by Crippen LogP contribution is -2.31. The second kappa shape index (κ2) is 8.18. The molecule has 1 amide bonds. The number of benzene rings is 3. The first-order valence-corrected chi connectivity index (χ1v) is 11.4. The number of halogens is 1. The van der Waals surface area contributed by atoms with Crippen molar-refractivity contribution in [2.75, 3.05) is 4.90 Å². The van der Waals surface area contributed by atoms with E-state index >= 15 is 0 Å². The van der Waals surface area contributed by atoms with Gasteiger partial charge in [-0.3, -0.25) is 14.5 Å². The lowest BCUT2D eigenvalue weighted by atomic mass is 9.94. The number of furan rings is 1. The molecule has 7 heteroatoms. The van der Waals surface area contributed by atoms with Gasteiger partial charge in [0.1, 0.15) is 11.3 Å². The molecule has 2 heterocycles. The van der Waals surface area contributed by atoms with E-state index in [-0.39, 0.29) is 17.1 Å². The number of carbonyl (C=O) groups is 2. The van der Waals surface area contributed by atoms with Crippen molar-refractivity contribution < 1.29 is 24.2 Å². The van der Waals surface area contributed by atoms with Gasteiger partial charge in [0, 0.05) is 15.5 Å². The van der Waals surface area contributed by atoms with Crippen LogP contribution in [-0.2, 0) is 4.79 Å². The molecule has 0 spiro atoms. The fraction of sp³-hybridized carbons (Fsp3) is 0.111. The molecule has 34 heavy (non-hydrogen) atoms. The Morgan fingerprint density at radius 1 is 0.971 bits per heavy atom. The standard InChI is InChI=1S/C27H20BrNO5/c1-14-3-4-15(2)20(11-14)29-24(16-5-8-19(30)9-6-16)23(26(32)27(29)33)25(31)22-13-17-12-18(28)7-10-21(17)34-22/h3-13,24,30,32H,1-2H3. The summed E-state index contributed by atoms with van der Waals surface area (Å²) in [6.07, 6.45) is 0. The van der Waals surface area contributed by atoms with E-state index in [0.29, 0.717) is 16.8 Å². The molecule has 1 unspecified atom stereocenters. The third kappa shape index (κ3) is 3.58. The Morgan fingerprint density at radius 3 is 2.44 bits per heavy atom. The first-order chi connectivity index (χ1) is 16.2. The third-order valence-corrected chi connectivity index (χ3v) is 6.48. The highest BCUT2D eigenvalue weighted by Gasteiger charge is 2.45. The van der Waals surface area contributed by atoms with Gasteiger partial charge in [-0.25, -0.2) is 0 Å². The number of anilines is 1. The summed E-state index contributed by atoms with van der Waals surface area (Å²) in [4.78, 5) is 28.5. The van der Waals surface area contributed by atoms with Gasteiger partial charge in [0.2, 0.25) is 5.78 Å². The summed E-state index contributed by atoms with van der Waals surface area (Å²) < 4.78 is 6.62. The number of hydrogen-bond acceptors (Lipinski definition) is 5. The summed E-state index contributed by atoms with van der Waals surface area (Å²) in [5.41, 5.74) is 3.35. The number of aryl methyl sites for hydroxylation is 2. The van der Waals surface area contributed by atoms with Crippen molar-refractivity contribution in [3.05, 3.63) is 105 Å². The molecular formula is C27H20BrNO5. The Hall–Kier alpha value is -3.84. The molecule has 0 fully saturated rings. The number of phenolic OH excluding ortho intramolecular Hbond substituents is 1. The van der Waals surface area contributed by atoms with Gasteiger partial charge in [0.05, 0.1) is 11.6 Å². The number of aliphatic hydroxyl groups excluding tert-OH is 1. The van der Waals surface area contributed by atoms with E-state index in [1.807, 2.05) is 38.1 Å². The molecule has 1 aliphatic heterocycles. The molecule has 5 rings (SSSR count). The number of Topliss-reactive ketones (excluding diaryl/α,β-unsaturated/α-hetero) is 1. The van der Waals surface area contributed by atoms with E-state index in [4.69, 9.17) is 4.42 Å². The summed E-state index contributed by atoms with van der Waals surface area (Å²) >= 11 is 3.41. The molecule has 0 saturated carbocycles. The molecule has 170 valence electrons. The Morgan fingerprint density at radius 2 is 1.71 bits per heavy atom. The number of nitrogens with zero attached hydrogens (tertiary/aromatic N) is 1. The fourth-order valence-corrected chi connectivity index (χ4v) is 4.67. The molecule has 1 aliphatic rings. The minimum Gasteiger partial charge on any atom is -0.508 e. The van der Waals surface area contributed by atoms with Gasteiger partial charge < -0.3 is 14.6 Å². The molecule has 0 bridgehead atoms. The van der Waals surface area contributed by atoms with E-state index < -0.39 is 23.5 Å². The van der Waals surface area contributed by atoms with Gasteiger partial charge >= 0.3 is 0 Å². The van der Waals surface area contributed by atoms with Crippen LogP contribution in [0.2, 0.25) is 0 Å². The average molecular weight is 518 g/mol. The molecule has 2 N–H and O–H groups in total. The van der Waals surface area contributed by atoms with Crippen molar-refractivity contribution in [1.82, 2.24) is 0 Å². The smallest absolute Gasteiger partial charge is 0.294 e. The Balaban J connectivity index is 1.68. The van der Waals surface area contributed by atoms with Gasteiger partial charge in [-0.05, 0) is 73.0 Å². The predicted octanol–water partition coefficient (Wildman–Crippen LogP) is 6.30. The number of aromatic hydroxyl groups is 1. The number of hydrogen-bond donors (Lipinski definition) is 2. The summed E-state index contributed by atoms with van der Waals surface area (Å²) in [7, 11) is 0. The quantitative estimate of drug-likeness (QED) is 0.310. The van der Waals surface area contributed by atoms with Gasteiger partial charge in [0.15, 0.2) is 11.5 Å². The molecule has 1 aromatic heterocycles. The van der Waals surface area contributed by atoms with Crippen LogP contribution in [0.25, 0.3) is 11.0 Å². The SMILES string of the molecule is Cc1ccc(C)c(N2C(=O)C(O)=C(C(=O)c3cc4cc(Br)ccc4o3)C2c2ccc(O)cc2)c1. The Kier molecular flexibility index (Phi) is 5.29. The molecule has 4 aromatic rings. The number of rotatable bonds is 4. The number of phenols is 1. The highest BCUT2D eigenvalue weighted by atomic mass is 79.9. The van der Waals surface area contributed by atoms with Gasteiger partial charge in [-0.2, -0.15) is 0 Å². The number of aliphatic hydroxyl groups is 1. The molecule has 0 aliphatic carbocycles. The van der Waals surface area contributed by atoms with Crippen molar-refractivity contribution in [2.45, 2.75) is 19.9 Å². The second-order valence-corrected chi connectivity index (χ2v) is 9.26. The fourth-order valence-electron chi connectivity index (χ4n) is 4.30. The zero-order chi connectivity index (χ0) is 24.1. The molecule has 3 aromatic carbocycles. The number of carbonyl (C=O) groups excluding carboxylic acids is 2. The largest absolute Gasteiger partial charge is 0.508 e. The monoisotopic (exact) mass is 517 g/mol. The van der Waals surface area contributed by atoms with Gasteiger partial charge in [-0.15, -0.1) is 0 Å². The lowest BCUT2D eigenvalue weighted by molar-refractivity contribution is -0.117. The lowest BCUT2D eigenvalue weighted by Gasteiger charge is -2.28. The van der Waals surface area contributed by atoms with E-state index in [9.17, 15) is 19.8 Å². The highest BCUT2D eigenvalue weighted by molar-refractivity contribution is 9.10.